The molecule has 0 heterocycles. The zero-order valence-electron chi connectivity index (χ0n) is 21.6. The minimum atomic E-state index is -3.78. The van der Waals surface area contributed by atoms with Crippen LogP contribution in [0.5, 0.6) is 0 Å². The number of nitrogens with one attached hydrogen (secondary N) is 3. The number of alkyl carbamates (subject to hydrolysis) is 1. The second kappa shape index (κ2) is 11.9. The van der Waals surface area contributed by atoms with Gasteiger partial charge in [-0.05, 0) is 62.2 Å². The number of anilines is 1. The molecule has 0 saturated heterocycles. The second-order valence-corrected chi connectivity index (χ2v) is 11.3. The van der Waals surface area contributed by atoms with E-state index >= 15 is 0 Å². The van der Waals surface area contributed by atoms with Gasteiger partial charge in [0.15, 0.2) is 0 Å². The van der Waals surface area contributed by atoms with Crippen molar-refractivity contribution in [2.24, 2.45) is 0 Å². The number of carbonyl (C=O) groups excluding carboxylic acids is 2. The average molecular weight is 535 g/mol. The van der Waals surface area contributed by atoms with Gasteiger partial charge in [0.05, 0.1) is 23.6 Å². The largest absolute Gasteiger partial charge is 0.453 e. The molecular weight excluding hydrogens is 504 g/mol. The molecule has 9 nitrogen and oxygen atoms in total. The van der Waals surface area contributed by atoms with E-state index in [1.807, 2.05) is 0 Å². The lowest BCUT2D eigenvalue weighted by Crippen LogP contribution is -2.45. The molecule has 3 aromatic rings. The van der Waals surface area contributed by atoms with Gasteiger partial charge in [-0.3, -0.25) is 4.79 Å². The maximum atomic E-state index is 13.1. The number of rotatable bonds is 8. The van der Waals surface area contributed by atoms with Crippen LogP contribution in [0.25, 0.3) is 11.1 Å². The first-order valence-electron chi connectivity index (χ1n) is 11.8. The van der Waals surface area contributed by atoms with Crippen LogP contribution >= 0.6 is 0 Å². The van der Waals surface area contributed by atoms with Crippen molar-refractivity contribution >= 4 is 27.7 Å². The molecule has 0 aliphatic carbocycles. The molecule has 0 bridgehead atoms. The average Bonchev–Trinajstić information content (AvgIpc) is 2.87. The van der Waals surface area contributed by atoms with Crippen LogP contribution in [-0.4, -0.2) is 39.1 Å². The van der Waals surface area contributed by atoms with Crippen molar-refractivity contribution in [2.45, 2.75) is 43.7 Å². The highest BCUT2D eigenvalue weighted by Gasteiger charge is 2.25. The van der Waals surface area contributed by atoms with Crippen molar-refractivity contribution in [2.75, 3.05) is 12.4 Å². The molecule has 3 N–H and O–H groups in total. The molecule has 3 rings (SSSR count). The lowest BCUT2D eigenvalue weighted by atomic mass is 10.0. The first-order valence-corrected chi connectivity index (χ1v) is 13.3. The van der Waals surface area contributed by atoms with Crippen molar-refractivity contribution in [3.05, 3.63) is 83.9 Å². The highest BCUT2D eigenvalue weighted by molar-refractivity contribution is 7.89. The van der Waals surface area contributed by atoms with E-state index in [1.165, 1.54) is 7.11 Å². The number of ether oxygens (including phenoxy) is 1. The molecule has 10 heteroatoms. The summed E-state index contributed by atoms with van der Waals surface area (Å²) >= 11 is 0. The Morgan fingerprint density at radius 2 is 1.68 bits per heavy atom. The van der Waals surface area contributed by atoms with Gasteiger partial charge in [-0.25, -0.2) is 17.9 Å². The summed E-state index contributed by atoms with van der Waals surface area (Å²) < 4.78 is 33.3. The standard InChI is InChI=1S/C28H30N4O5S/c1-28(2,3)32-38(35,36)25-11-6-5-10-23(25)21-12-14-22(15-13-21)30-26(33)24(31-27(34)37-4)17-19-8-7-9-20(16-19)18-29/h5-16,24,32H,17H2,1-4H3,(H,30,33)(H,31,34)/t24-/m0/s1. The second-order valence-electron chi connectivity index (χ2n) is 9.62. The third-order valence-electron chi connectivity index (χ3n) is 5.37. The summed E-state index contributed by atoms with van der Waals surface area (Å²) in [6.07, 6.45) is -0.626. The maximum absolute atomic E-state index is 13.1. The Morgan fingerprint density at radius 1 is 1.00 bits per heavy atom. The Morgan fingerprint density at radius 3 is 2.32 bits per heavy atom. The number of hydrogen-bond donors (Lipinski definition) is 3. The molecule has 3 aromatic carbocycles. The van der Waals surface area contributed by atoms with Crippen LogP contribution in [0.2, 0.25) is 0 Å². The molecule has 2 amide bonds. The molecule has 0 fully saturated rings. The van der Waals surface area contributed by atoms with E-state index in [0.29, 0.717) is 27.9 Å². The summed E-state index contributed by atoms with van der Waals surface area (Å²) in [6.45, 7) is 5.31. The number of benzene rings is 3. The first-order chi connectivity index (χ1) is 17.9. The highest BCUT2D eigenvalue weighted by atomic mass is 32.2. The first kappa shape index (κ1) is 28.4. The molecule has 0 radical (unpaired) electrons. The van der Waals surface area contributed by atoms with Crippen LogP contribution in [-0.2, 0) is 26.0 Å². The normalized spacial score (nSPS) is 12.2. The fraction of sp³-hybridized carbons (Fsp3) is 0.250. The lowest BCUT2D eigenvalue weighted by Gasteiger charge is -2.21. The van der Waals surface area contributed by atoms with E-state index in [1.54, 1.807) is 93.6 Å². The molecule has 0 aliphatic heterocycles. The van der Waals surface area contributed by atoms with Gasteiger partial charge in [-0.2, -0.15) is 5.26 Å². The van der Waals surface area contributed by atoms with E-state index in [-0.39, 0.29) is 11.3 Å². The fourth-order valence-corrected chi connectivity index (χ4v) is 5.42. The predicted octanol–water partition coefficient (Wildman–Crippen LogP) is 4.21. The number of nitrogens with zero attached hydrogens (tertiary/aromatic N) is 1. The molecular formula is C28H30N4O5S. The molecule has 0 saturated carbocycles. The predicted molar refractivity (Wildman–Crippen MR) is 145 cm³/mol. The van der Waals surface area contributed by atoms with E-state index in [0.717, 1.165) is 0 Å². The molecule has 0 unspecified atom stereocenters. The van der Waals surface area contributed by atoms with E-state index < -0.39 is 33.6 Å². The molecule has 198 valence electrons. The zero-order chi connectivity index (χ0) is 27.9. The monoisotopic (exact) mass is 534 g/mol. The summed E-state index contributed by atoms with van der Waals surface area (Å²) in [6, 6.07) is 21.2. The Bertz CT molecular complexity index is 1460. The molecule has 1 atom stereocenters. The minimum Gasteiger partial charge on any atom is -0.453 e. The van der Waals surface area contributed by atoms with Gasteiger partial charge in [0, 0.05) is 23.2 Å². The third kappa shape index (κ3) is 7.65. The zero-order valence-corrected chi connectivity index (χ0v) is 22.4. The van der Waals surface area contributed by atoms with Crippen LogP contribution in [0, 0.1) is 11.3 Å². The summed E-state index contributed by atoms with van der Waals surface area (Å²) in [5, 5.41) is 14.4. The van der Waals surface area contributed by atoms with E-state index in [2.05, 4.69) is 26.2 Å². The fourth-order valence-electron chi connectivity index (χ4n) is 3.77. The summed E-state index contributed by atoms with van der Waals surface area (Å²) in [5.41, 5.74) is 2.10. The number of methoxy groups -OCH3 is 1. The van der Waals surface area contributed by atoms with Gasteiger partial charge in [0.25, 0.3) is 0 Å². The summed E-state index contributed by atoms with van der Waals surface area (Å²) in [5.74, 6) is -0.483. The maximum Gasteiger partial charge on any atom is 0.407 e. The van der Waals surface area contributed by atoms with Crippen LogP contribution < -0.4 is 15.4 Å². The highest BCUT2D eigenvalue weighted by Crippen LogP contribution is 2.29. The number of carbonyl (C=O) groups is 2. The van der Waals surface area contributed by atoms with E-state index in [9.17, 15) is 18.0 Å². The minimum absolute atomic E-state index is 0.139. The third-order valence-corrected chi connectivity index (χ3v) is 7.19. The number of nitriles is 1. The van der Waals surface area contributed by atoms with Crippen molar-refractivity contribution in [1.82, 2.24) is 10.0 Å². The van der Waals surface area contributed by atoms with Crippen molar-refractivity contribution in [1.29, 1.82) is 5.26 Å². The number of sulfonamides is 1. The van der Waals surface area contributed by atoms with Crippen LogP contribution in [0.1, 0.15) is 31.9 Å². The van der Waals surface area contributed by atoms with E-state index in [4.69, 9.17) is 5.26 Å². The van der Waals surface area contributed by atoms with Crippen LogP contribution in [0.15, 0.2) is 77.7 Å². The van der Waals surface area contributed by atoms with Crippen molar-refractivity contribution < 1.29 is 22.7 Å². The van der Waals surface area contributed by atoms with Gasteiger partial charge in [0.2, 0.25) is 15.9 Å². The Labute approximate surface area is 222 Å². The van der Waals surface area contributed by atoms with Crippen LogP contribution in [0.3, 0.4) is 0 Å². The van der Waals surface area contributed by atoms with Crippen molar-refractivity contribution in [3.63, 3.8) is 0 Å². The Hall–Kier alpha value is -4.20. The SMILES string of the molecule is COC(=O)N[C@@H](Cc1cccc(C#N)c1)C(=O)Nc1ccc(-c2ccccc2S(=O)(=O)NC(C)(C)C)cc1. The number of amides is 2. The quantitative estimate of drug-likeness (QED) is 0.396. The van der Waals surface area contributed by atoms with Gasteiger partial charge in [0.1, 0.15) is 6.04 Å². The van der Waals surface area contributed by atoms with Crippen LogP contribution in [0.4, 0.5) is 10.5 Å². The Balaban J connectivity index is 1.82. The molecule has 0 aliphatic rings. The topological polar surface area (TPSA) is 137 Å². The molecule has 0 spiro atoms. The Kier molecular flexibility index (Phi) is 8.88. The molecule has 0 aromatic heterocycles. The lowest BCUT2D eigenvalue weighted by molar-refractivity contribution is -0.118. The smallest absolute Gasteiger partial charge is 0.407 e. The summed E-state index contributed by atoms with van der Waals surface area (Å²) in [7, 11) is -2.58. The summed E-state index contributed by atoms with van der Waals surface area (Å²) in [4.78, 5) is 25.1. The number of hydrogen-bond acceptors (Lipinski definition) is 6. The van der Waals surface area contributed by atoms with Gasteiger partial charge in [-0.1, -0.05) is 42.5 Å². The van der Waals surface area contributed by atoms with Gasteiger partial charge in [-0.15, -0.1) is 0 Å². The van der Waals surface area contributed by atoms with Crippen molar-refractivity contribution in [3.8, 4) is 17.2 Å². The van der Waals surface area contributed by atoms with Gasteiger partial charge >= 0.3 is 6.09 Å². The van der Waals surface area contributed by atoms with Gasteiger partial charge < -0.3 is 15.4 Å². The molecule has 38 heavy (non-hydrogen) atoms.